The molecule has 0 radical (unpaired) electrons. The molecule has 2 aromatic carbocycles. The van der Waals surface area contributed by atoms with Crippen LogP contribution in [0.4, 0.5) is 0 Å². The number of rotatable bonds is 6. The van der Waals surface area contributed by atoms with Crippen molar-refractivity contribution in [3.63, 3.8) is 0 Å². The molecule has 5 nitrogen and oxygen atoms in total. The highest BCUT2D eigenvalue weighted by atomic mass is 79.9. The lowest BCUT2D eigenvalue weighted by Gasteiger charge is -2.25. The van der Waals surface area contributed by atoms with Crippen molar-refractivity contribution >= 4 is 43.6 Å². The van der Waals surface area contributed by atoms with E-state index in [0.717, 1.165) is 20.5 Å². The minimum atomic E-state index is -3.72. The molecule has 1 atom stereocenters. The van der Waals surface area contributed by atoms with E-state index >= 15 is 0 Å². The fraction of sp³-hybridized carbons (Fsp3) is 0.278. The van der Waals surface area contributed by atoms with E-state index in [0.29, 0.717) is 5.75 Å². The van der Waals surface area contributed by atoms with Crippen LogP contribution in [0.25, 0.3) is 0 Å². The van der Waals surface area contributed by atoms with Crippen molar-refractivity contribution in [1.82, 2.24) is 4.90 Å². The van der Waals surface area contributed by atoms with Crippen molar-refractivity contribution in [1.29, 1.82) is 0 Å². The molecule has 0 aromatic heterocycles. The van der Waals surface area contributed by atoms with Crippen LogP contribution < -0.4 is 5.14 Å². The molecule has 2 rings (SSSR count). The first kappa shape index (κ1) is 21.0. The molecule has 0 bridgehead atoms. The zero-order valence-corrected chi connectivity index (χ0v) is 18.0. The Morgan fingerprint density at radius 1 is 1.23 bits per heavy atom. The predicted octanol–water partition coefficient (Wildman–Crippen LogP) is 3.72. The number of primary sulfonamides is 1. The molecule has 0 aliphatic heterocycles. The van der Waals surface area contributed by atoms with Crippen molar-refractivity contribution in [3.05, 3.63) is 58.1 Å². The smallest absolute Gasteiger partial charge is 0.238 e. The highest BCUT2D eigenvalue weighted by molar-refractivity contribution is 9.10. The molecule has 0 spiro atoms. The summed E-state index contributed by atoms with van der Waals surface area (Å²) in [5, 5.41) is 5.11. The molecular formula is C18H21BrN2O3S2. The first-order valence-electron chi connectivity index (χ1n) is 7.87. The molecule has 2 aromatic rings. The molecule has 0 aliphatic carbocycles. The van der Waals surface area contributed by atoms with Gasteiger partial charge in [-0.2, -0.15) is 0 Å². The number of carbonyl (C=O) groups is 1. The molecule has 2 N–H and O–H groups in total. The van der Waals surface area contributed by atoms with E-state index in [1.165, 1.54) is 23.9 Å². The first-order chi connectivity index (χ1) is 12.1. The van der Waals surface area contributed by atoms with Crippen LogP contribution in [0.1, 0.15) is 24.1 Å². The summed E-state index contributed by atoms with van der Waals surface area (Å²) in [7, 11) is -1.97. The Bertz CT molecular complexity index is 899. The van der Waals surface area contributed by atoms with Gasteiger partial charge in [-0.15, -0.1) is 11.8 Å². The molecule has 0 aliphatic rings. The Hall–Kier alpha value is -1.35. The van der Waals surface area contributed by atoms with Gasteiger partial charge in [0.2, 0.25) is 15.9 Å². The second-order valence-electron chi connectivity index (χ2n) is 5.99. The summed E-state index contributed by atoms with van der Waals surface area (Å²) in [6.07, 6.45) is 0. The van der Waals surface area contributed by atoms with E-state index in [-0.39, 0.29) is 16.8 Å². The topological polar surface area (TPSA) is 80.5 Å². The summed E-state index contributed by atoms with van der Waals surface area (Å²) < 4.78 is 23.7. The highest BCUT2D eigenvalue weighted by Gasteiger charge is 2.18. The van der Waals surface area contributed by atoms with Gasteiger partial charge in [0.1, 0.15) is 0 Å². The molecule has 140 valence electrons. The summed E-state index contributed by atoms with van der Waals surface area (Å²) in [6.45, 7) is 3.91. The summed E-state index contributed by atoms with van der Waals surface area (Å²) >= 11 is 4.93. The number of thioether (sulfide) groups is 1. The number of carbonyl (C=O) groups excluding carboxylic acids is 1. The highest BCUT2D eigenvalue weighted by Crippen LogP contribution is 2.27. The van der Waals surface area contributed by atoms with Crippen molar-refractivity contribution in [2.45, 2.75) is 29.7 Å². The Kier molecular flexibility index (Phi) is 6.90. The van der Waals surface area contributed by atoms with Crippen molar-refractivity contribution in [2.24, 2.45) is 5.14 Å². The van der Waals surface area contributed by atoms with E-state index in [9.17, 15) is 13.2 Å². The predicted molar refractivity (Wildman–Crippen MR) is 109 cm³/mol. The number of nitrogens with two attached hydrogens (primary N) is 1. The van der Waals surface area contributed by atoms with Gasteiger partial charge in [0.15, 0.2) is 0 Å². The van der Waals surface area contributed by atoms with Crippen molar-refractivity contribution in [2.75, 3.05) is 12.8 Å². The Labute approximate surface area is 167 Å². The van der Waals surface area contributed by atoms with Gasteiger partial charge in [0.25, 0.3) is 0 Å². The summed E-state index contributed by atoms with van der Waals surface area (Å²) in [5.74, 6) is 0.332. The zero-order chi connectivity index (χ0) is 19.5. The van der Waals surface area contributed by atoms with Gasteiger partial charge in [-0.1, -0.05) is 28.1 Å². The fourth-order valence-electron chi connectivity index (χ4n) is 2.39. The Balaban J connectivity index is 2.02. The lowest BCUT2D eigenvalue weighted by Crippen LogP contribution is -2.31. The largest absolute Gasteiger partial charge is 0.338 e. The van der Waals surface area contributed by atoms with Crippen LogP contribution in [-0.2, 0) is 14.8 Å². The maximum atomic E-state index is 12.5. The monoisotopic (exact) mass is 456 g/mol. The number of aryl methyl sites for hydroxylation is 1. The molecule has 26 heavy (non-hydrogen) atoms. The minimum absolute atomic E-state index is 0.000316. The van der Waals surface area contributed by atoms with Gasteiger partial charge in [-0.05, 0) is 55.3 Å². The van der Waals surface area contributed by atoms with Crippen LogP contribution in [-0.4, -0.2) is 32.0 Å². The number of sulfonamides is 1. The third-order valence-corrected chi connectivity index (χ3v) is 6.74. The summed E-state index contributed by atoms with van der Waals surface area (Å²) in [4.78, 5) is 15.3. The first-order valence-corrected chi connectivity index (χ1v) is 11.2. The van der Waals surface area contributed by atoms with E-state index in [1.54, 1.807) is 24.1 Å². The van der Waals surface area contributed by atoms with Crippen molar-refractivity contribution < 1.29 is 13.2 Å². The van der Waals surface area contributed by atoms with Crippen LogP contribution in [0.3, 0.4) is 0 Å². The average molecular weight is 457 g/mol. The number of halogens is 1. The number of benzene rings is 2. The normalized spacial score (nSPS) is 12.7. The van der Waals surface area contributed by atoms with Crippen molar-refractivity contribution in [3.8, 4) is 0 Å². The maximum Gasteiger partial charge on any atom is 0.238 e. The number of nitrogens with zero attached hydrogens (tertiary/aromatic N) is 1. The molecule has 1 unspecified atom stereocenters. The van der Waals surface area contributed by atoms with Gasteiger partial charge in [0, 0.05) is 16.4 Å². The molecule has 0 saturated heterocycles. The number of hydrogen-bond donors (Lipinski definition) is 1. The quantitative estimate of drug-likeness (QED) is 0.671. The maximum absolute atomic E-state index is 12.5. The average Bonchev–Trinajstić information content (AvgIpc) is 2.58. The molecular weight excluding hydrogens is 436 g/mol. The van der Waals surface area contributed by atoms with Gasteiger partial charge >= 0.3 is 0 Å². The Morgan fingerprint density at radius 2 is 1.85 bits per heavy atom. The number of hydrogen-bond acceptors (Lipinski definition) is 4. The zero-order valence-electron chi connectivity index (χ0n) is 14.8. The van der Waals surface area contributed by atoms with Crippen LogP contribution in [0.5, 0.6) is 0 Å². The molecule has 8 heteroatoms. The van der Waals surface area contributed by atoms with E-state index in [1.807, 2.05) is 32.0 Å². The molecule has 0 saturated carbocycles. The van der Waals surface area contributed by atoms with E-state index in [4.69, 9.17) is 5.14 Å². The molecule has 0 heterocycles. The lowest BCUT2D eigenvalue weighted by atomic mass is 10.1. The third-order valence-electron chi connectivity index (χ3n) is 4.15. The Morgan fingerprint density at radius 3 is 2.38 bits per heavy atom. The lowest BCUT2D eigenvalue weighted by molar-refractivity contribution is -0.128. The third kappa shape index (κ3) is 5.33. The van der Waals surface area contributed by atoms with Crippen LogP contribution >= 0.6 is 27.7 Å². The minimum Gasteiger partial charge on any atom is -0.338 e. The van der Waals surface area contributed by atoms with Gasteiger partial charge < -0.3 is 4.90 Å². The second kappa shape index (κ2) is 8.56. The summed E-state index contributed by atoms with van der Waals surface area (Å²) in [6, 6.07) is 12.1. The standard InChI is InChI=1S/C18H21BrN2O3S2/c1-12-10-15(19)6-9-17(12)25-11-18(22)21(3)13(2)14-4-7-16(8-5-14)26(20,23)24/h4-10,13H,11H2,1-3H3,(H2,20,23,24). The SMILES string of the molecule is Cc1cc(Br)ccc1SCC(=O)N(C)C(C)c1ccc(S(N)(=O)=O)cc1. The molecule has 1 amide bonds. The van der Waals surface area contributed by atoms with E-state index in [2.05, 4.69) is 15.9 Å². The van der Waals surface area contributed by atoms with Gasteiger partial charge in [-0.25, -0.2) is 13.6 Å². The van der Waals surface area contributed by atoms with Crippen LogP contribution in [0.15, 0.2) is 56.7 Å². The second-order valence-corrected chi connectivity index (χ2v) is 9.49. The number of amides is 1. The van der Waals surface area contributed by atoms with E-state index < -0.39 is 10.0 Å². The molecule has 0 fully saturated rings. The fourth-order valence-corrected chi connectivity index (χ4v) is 4.32. The summed E-state index contributed by atoms with van der Waals surface area (Å²) in [5.41, 5.74) is 1.96. The van der Waals surface area contributed by atoms with Crippen LogP contribution in [0.2, 0.25) is 0 Å². The van der Waals surface area contributed by atoms with Crippen LogP contribution in [0, 0.1) is 6.92 Å². The van der Waals surface area contributed by atoms with Gasteiger partial charge in [0.05, 0.1) is 16.7 Å². The van der Waals surface area contributed by atoms with Gasteiger partial charge in [-0.3, -0.25) is 4.79 Å².